The molecule has 1 saturated heterocycles. The van der Waals surface area contributed by atoms with Crippen molar-refractivity contribution in [3.63, 3.8) is 0 Å². The molecule has 2 amide bonds. The van der Waals surface area contributed by atoms with Crippen LogP contribution in [0.1, 0.15) is 117 Å². The van der Waals surface area contributed by atoms with Gasteiger partial charge in [-0.2, -0.15) is 0 Å². The van der Waals surface area contributed by atoms with Gasteiger partial charge in [0.2, 0.25) is 5.78 Å². The van der Waals surface area contributed by atoms with Crippen LogP contribution in [0.2, 0.25) is 0 Å². The minimum absolute atomic E-state index is 0.0821. The van der Waals surface area contributed by atoms with E-state index in [1.165, 1.54) is 11.8 Å². The van der Waals surface area contributed by atoms with Gasteiger partial charge in [-0.15, -0.1) is 0 Å². The molecule has 3 N–H and O–H groups in total. The van der Waals surface area contributed by atoms with Crippen LogP contribution in [0.4, 0.5) is 4.79 Å². The number of fused-ring (bicyclic) bond motifs is 8. The number of carbonyl (C=O) groups excluding carboxylic acids is 2. The molecule has 3 aliphatic carbocycles. The molecule has 2 aromatic carbocycles. The fourth-order valence-electron chi connectivity index (χ4n) is 8.41. The van der Waals surface area contributed by atoms with Crippen LogP contribution in [0.3, 0.4) is 0 Å². The number of aliphatic hydroxyl groups excluding tert-OH is 1. The van der Waals surface area contributed by atoms with E-state index >= 15 is 0 Å². The van der Waals surface area contributed by atoms with E-state index in [0.29, 0.717) is 50.8 Å². The molecule has 1 aromatic heterocycles. The molecule has 2 fully saturated rings. The second-order valence-corrected chi connectivity index (χ2v) is 14.9. The van der Waals surface area contributed by atoms with Gasteiger partial charge < -0.3 is 29.6 Å². The van der Waals surface area contributed by atoms with Crippen LogP contribution in [0.15, 0.2) is 83.0 Å². The SMILES string of the molecule is CC1=CCC[C@@]2(C)[C@@H](CC[C@@]2(O)CN(C[C@H]2CCCO2)C(=O)N[C@H](C)c2ccccc2)c2ccc(cc2C(=O)c2ccco2)C[C@@H](O)CC1. The number of benzene rings is 2. The normalized spacial score (nSPS) is 27.9. The van der Waals surface area contributed by atoms with Crippen molar-refractivity contribution < 1.29 is 29.0 Å². The van der Waals surface area contributed by atoms with E-state index in [2.05, 4.69) is 25.2 Å². The van der Waals surface area contributed by atoms with Gasteiger partial charge >= 0.3 is 6.03 Å². The topological polar surface area (TPSA) is 112 Å². The number of hydrogen-bond donors (Lipinski definition) is 3. The van der Waals surface area contributed by atoms with Crippen LogP contribution in [-0.4, -0.2) is 64.4 Å². The lowest BCUT2D eigenvalue weighted by atomic mass is 9.64. The van der Waals surface area contributed by atoms with Crippen LogP contribution in [0.25, 0.3) is 0 Å². The highest BCUT2D eigenvalue weighted by Gasteiger charge is 2.58. The molecular weight excluding hydrogens is 616 g/mol. The van der Waals surface area contributed by atoms with Crippen molar-refractivity contribution in [3.8, 4) is 0 Å². The first kappa shape index (κ1) is 35.1. The summed E-state index contributed by atoms with van der Waals surface area (Å²) < 4.78 is 11.6. The summed E-state index contributed by atoms with van der Waals surface area (Å²) >= 11 is 0. The lowest BCUT2D eigenvalue weighted by Gasteiger charge is -2.46. The summed E-state index contributed by atoms with van der Waals surface area (Å²) in [6, 6.07) is 18.8. The number of nitrogens with one attached hydrogen (secondary N) is 1. The number of rotatable bonds is 8. The Morgan fingerprint density at radius 2 is 1.88 bits per heavy atom. The monoisotopic (exact) mass is 668 g/mol. The van der Waals surface area contributed by atoms with Crippen LogP contribution >= 0.6 is 0 Å². The molecule has 0 spiro atoms. The third-order valence-electron chi connectivity index (χ3n) is 11.5. The standard InChI is InChI=1S/C41H52N2O6/c1-28-10-7-20-40(3)36(34-18-16-30(24-32(44)17-15-28)25-35(34)38(45)37-14-9-23-49-37)19-21-41(40,47)27-43(26-33-13-8-22-48-33)39(46)42-29(2)31-11-5-4-6-12-31/h4-6,9-12,14,16,18,23,25,29,32-33,36,44,47H,7-8,13,15,17,19-22,24,26-27H2,1-3H3,(H,42,46)/t29-,32+,33-,36+,40+,41-/m1/s1. The summed E-state index contributed by atoms with van der Waals surface area (Å²) in [6.45, 7) is 7.46. The number of carbonyl (C=O) groups is 2. The molecule has 2 bridgehead atoms. The first-order chi connectivity index (χ1) is 23.6. The van der Waals surface area contributed by atoms with E-state index in [0.717, 1.165) is 42.4 Å². The van der Waals surface area contributed by atoms with Gasteiger partial charge in [-0.1, -0.05) is 61.0 Å². The highest BCUT2D eigenvalue weighted by Crippen LogP contribution is 2.59. The largest absolute Gasteiger partial charge is 0.461 e. The molecule has 6 atom stereocenters. The number of furan rings is 1. The molecule has 2 heterocycles. The predicted octanol–water partition coefficient (Wildman–Crippen LogP) is 7.50. The zero-order valence-corrected chi connectivity index (χ0v) is 29.2. The van der Waals surface area contributed by atoms with Crippen molar-refractivity contribution in [1.82, 2.24) is 10.2 Å². The van der Waals surface area contributed by atoms with Gasteiger partial charge in [0.1, 0.15) is 0 Å². The highest BCUT2D eigenvalue weighted by molar-refractivity contribution is 6.08. The molecule has 49 heavy (non-hydrogen) atoms. The molecule has 1 aliphatic heterocycles. The Morgan fingerprint density at radius 1 is 1.06 bits per heavy atom. The van der Waals surface area contributed by atoms with Crippen molar-refractivity contribution >= 4 is 11.8 Å². The fourth-order valence-corrected chi connectivity index (χ4v) is 8.41. The summed E-state index contributed by atoms with van der Waals surface area (Å²) in [5, 5.41) is 27.0. The number of urea groups is 1. The number of hydrogen-bond acceptors (Lipinski definition) is 6. The highest BCUT2D eigenvalue weighted by atomic mass is 16.5. The average Bonchev–Trinajstić information content (AvgIpc) is 3.86. The Labute approximate surface area is 290 Å². The Bertz CT molecular complexity index is 1610. The predicted molar refractivity (Wildman–Crippen MR) is 189 cm³/mol. The molecule has 4 aliphatic rings. The number of amides is 2. The van der Waals surface area contributed by atoms with Crippen molar-refractivity contribution in [3.05, 3.63) is 107 Å². The number of nitrogens with zero attached hydrogens (tertiary/aromatic N) is 1. The summed E-state index contributed by atoms with van der Waals surface area (Å²) in [4.78, 5) is 29.9. The Morgan fingerprint density at radius 3 is 2.61 bits per heavy atom. The lowest BCUT2D eigenvalue weighted by Crippen LogP contribution is -2.56. The van der Waals surface area contributed by atoms with Crippen molar-refractivity contribution in [1.29, 1.82) is 0 Å². The molecule has 0 radical (unpaired) electrons. The fraction of sp³-hybridized carbons (Fsp3) is 0.512. The average molecular weight is 669 g/mol. The lowest BCUT2D eigenvalue weighted by molar-refractivity contribution is -0.0808. The zero-order chi connectivity index (χ0) is 34.6. The third-order valence-corrected chi connectivity index (χ3v) is 11.5. The van der Waals surface area contributed by atoms with Gasteiger partial charge in [0.25, 0.3) is 0 Å². The summed E-state index contributed by atoms with van der Waals surface area (Å²) in [5.41, 5.74) is 2.65. The summed E-state index contributed by atoms with van der Waals surface area (Å²) in [7, 11) is 0. The van der Waals surface area contributed by atoms with Crippen LogP contribution in [0, 0.1) is 5.41 Å². The Hall–Kier alpha value is -3.72. The molecular formula is C41H52N2O6. The quantitative estimate of drug-likeness (QED) is 0.169. The smallest absolute Gasteiger partial charge is 0.318 e. The molecule has 8 heteroatoms. The minimum atomic E-state index is -1.23. The van der Waals surface area contributed by atoms with E-state index in [-0.39, 0.29) is 42.2 Å². The van der Waals surface area contributed by atoms with Gasteiger partial charge in [-0.3, -0.25) is 4.79 Å². The van der Waals surface area contributed by atoms with E-state index in [4.69, 9.17) is 9.15 Å². The first-order valence-corrected chi connectivity index (χ1v) is 18.1. The van der Waals surface area contributed by atoms with E-state index < -0.39 is 17.1 Å². The summed E-state index contributed by atoms with van der Waals surface area (Å²) in [5.74, 6) is -0.0929. The number of aliphatic hydroxyl groups is 2. The second kappa shape index (κ2) is 15.0. The van der Waals surface area contributed by atoms with Gasteiger partial charge in [0.05, 0.1) is 36.7 Å². The molecule has 262 valence electrons. The van der Waals surface area contributed by atoms with Gasteiger partial charge in [0.15, 0.2) is 5.76 Å². The van der Waals surface area contributed by atoms with Gasteiger partial charge in [-0.25, -0.2) is 4.79 Å². The van der Waals surface area contributed by atoms with E-state index in [9.17, 15) is 19.8 Å². The summed E-state index contributed by atoms with van der Waals surface area (Å²) in [6.07, 6.45) is 9.36. The molecule has 0 unspecified atom stereocenters. The second-order valence-electron chi connectivity index (χ2n) is 14.9. The maximum Gasteiger partial charge on any atom is 0.318 e. The van der Waals surface area contributed by atoms with Gasteiger partial charge in [0, 0.05) is 24.1 Å². The van der Waals surface area contributed by atoms with Crippen LogP contribution in [0.5, 0.6) is 0 Å². The third kappa shape index (κ3) is 7.72. The first-order valence-electron chi connectivity index (χ1n) is 18.1. The minimum Gasteiger partial charge on any atom is -0.461 e. The van der Waals surface area contributed by atoms with Crippen LogP contribution in [-0.2, 0) is 11.2 Å². The maximum atomic E-state index is 14.1. The van der Waals surface area contributed by atoms with Crippen LogP contribution < -0.4 is 5.32 Å². The number of ketones is 1. The Kier molecular flexibility index (Phi) is 10.8. The Balaban J connectivity index is 1.37. The van der Waals surface area contributed by atoms with E-state index in [1.807, 2.05) is 55.5 Å². The zero-order valence-electron chi connectivity index (χ0n) is 29.2. The molecule has 7 rings (SSSR count). The van der Waals surface area contributed by atoms with Crippen molar-refractivity contribution in [2.75, 3.05) is 19.7 Å². The maximum absolute atomic E-state index is 14.1. The van der Waals surface area contributed by atoms with Crippen molar-refractivity contribution in [2.24, 2.45) is 5.41 Å². The molecule has 3 aromatic rings. The number of ether oxygens (including phenoxy) is 1. The van der Waals surface area contributed by atoms with Gasteiger partial charge in [-0.05, 0) is 112 Å². The molecule has 8 nitrogen and oxygen atoms in total. The van der Waals surface area contributed by atoms with E-state index in [1.54, 1.807) is 17.0 Å². The number of allylic oxidation sites excluding steroid dienone is 2. The molecule has 1 saturated carbocycles. The van der Waals surface area contributed by atoms with Crippen molar-refractivity contribution in [2.45, 2.75) is 108 Å².